The van der Waals surface area contributed by atoms with Gasteiger partial charge in [0.25, 0.3) is 0 Å². The minimum Gasteiger partial charge on any atom is -0.0955 e. The molecule has 0 unspecified atom stereocenters. The van der Waals surface area contributed by atoms with Crippen molar-refractivity contribution in [3.05, 3.63) is 42.5 Å². The average Bonchev–Trinajstić information content (AvgIpc) is 2.26. The summed E-state index contributed by atoms with van der Waals surface area (Å²) < 4.78 is 0. The Bertz CT molecular complexity index is 523. The molecule has 15 heavy (non-hydrogen) atoms. The lowest BCUT2D eigenvalue weighted by molar-refractivity contribution is 1.16. The SMILES string of the molecule is [B]c1ccc2c(c1)Sc1ccccc1S2. The summed E-state index contributed by atoms with van der Waals surface area (Å²) in [7, 11) is 5.78. The zero-order valence-corrected chi connectivity index (χ0v) is 9.57. The molecule has 0 saturated heterocycles. The van der Waals surface area contributed by atoms with E-state index in [1.165, 1.54) is 19.6 Å². The van der Waals surface area contributed by atoms with Crippen molar-refractivity contribution in [2.24, 2.45) is 0 Å². The molecule has 2 aromatic rings. The van der Waals surface area contributed by atoms with Gasteiger partial charge in [-0.1, -0.05) is 53.3 Å². The minimum atomic E-state index is 0.834. The molecule has 1 aliphatic rings. The third kappa shape index (κ3) is 1.70. The highest BCUT2D eigenvalue weighted by molar-refractivity contribution is 8.05. The highest BCUT2D eigenvalue weighted by Crippen LogP contribution is 2.47. The van der Waals surface area contributed by atoms with Gasteiger partial charge in [0.15, 0.2) is 0 Å². The van der Waals surface area contributed by atoms with Crippen molar-refractivity contribution < 1.29 is 0 Å². The van der Waals surface area contributed by atoms with Crippen molar-refractivity contribution in [1.82, 2.24) is 0 Å². The monoisotopic (exact) mass is 226 g/mol. The van der Waals surface area contributed by atoms with Gasteiger partial charge < -0.3 is 0 Å². The molecule has 3 rings (SSSR count). The lowest BCUT2D eigenvalue weighted by Crippen LogP contribution is -2.02. The highest BCUT2D eigenvalue weighted by atomic mass is 32.2. The fourth-order valence-electron chi connectivity index (χ4n) is 1.54. The Hall–Kier alpha value is -0.795. The molecular weight excluding hydrogens is 219 g/mol. The summed E-state index contributed by atoms with van der Waals surface area (Å²) in [5.74, 6) is 0. The van der Waals surface area contributed by atoms with Gasteiger partial charge in [-0.25, -0.2) is 0 Å². The highest BCUT2D eigenvalue weighted by Gasteiger charge is 2.15. The van der Waals surface area contributed by atoms with Gasteiger partial charge in [0.1, 0.15) is 7.85 Å². The maximum absolute atomic E-state index is 5.78. The van der Waals surface area contributed by atoms with E-state index >= 15 is 0 Å². The number of hydrogen-bond donors (Lipinski definition) is 0. The summed E-state index contributed by atoms with van der Waals surface area (Å²) in [4.78, 5) is 5.21. The van der Waals surface area contributed by atoms with Crippen LogP contribution in [0.25, 0.3) is 0 Å². The molecule has 2 aromatic carbocycles. The molecule has 0 amide bonds. The fourth-order valence-corrected chi connectivity index (χ4v) is 3.81. The van der Waals surface area contributed by atoms with Gasteiger partial charge in [-0.15, -0.1) is 0 Å². The largest absolute Gasteiger partial charge is 0.113 e. The first kappa shape index (κ1) is 9.43. The quantitative estimate of drug-likeness (QED) is 0.540. The Morgan fingerprint density at radius 2 is 1.33 bits per heavy atom. The fraction of sp³-hybridized carbons (Fsp3) is 0. The smallest absolute Gasteiger partial charge is 0.0955 e. The van der Waals surface area contributed by atoms with Crippen molar-refractivity contribution in [3.8, 4) is 0 Å². The summed E-state index contributed by atoms with van der Waals surface area (Å²) in [6, 6.07) is 14.6. The molecule has 0 N–H and O–H groups in total. The normalized spacial score (nSPS) is 13.1. The van der Waals surface area contributed by atoms with E-state index < -0.39 is 0 Å². The van der Waals surface area contributed by atoms with Crippen LogP contribution in [0.1, 0.15) is 0 Å². The second-order valence-corrected chi connectivity index (χ2v) is 5.52. The Kier molecular flexibility index (Phi) is 2.30. The van der Waals surface area contributed by atoms with Crippen LogP contribution in [0.4, 0.5) is 0 Å². The number of fused-ring (bicyclic) bond motifs is 2. The molecule has 0 atom stereocenters. The van der Waals surface area contributed by atoms with Gasteiger partial charge >= 0.3 is 0 Å². The average molecular weight is 226 g/mol. The molecule has 0 saturated carbocycles. The van der Waals surface area contributed by atoms with E-state index in [2.05, 4.69) is 30.3 Å². The Balaban J connectivity index is 2.11. The van der Waals surface area contributed by atoms with Gasteiger partial charge in [-0.3, -0.25) is 0 Å². The Morgan fingerprint density at radius 3 is 2.07 bits per heavy atom. The molecule has 1 aliphatic heterocycles. The molecule has 0 aliphatic carbocycles. The van der Waals surface area contributed by atoms with Gasteiger partial charge in [0.05, 0.1) is 0 Å². The van der Waals surface area contributed by atoms with E-state index in [1.807, 2.05) is 23.9 Å². The van der Waals surface area contributed by atoms with E-state index in [4.69, 9.17) is 7.85 Å². The lowest BCUT2D eigenvalue weighted by Gasteiger charge is -2.18. The maximum atomic E-state index is 5.78. The van der Waals surface area contributed by atoms with Crippen LogP contribution in [-0.4, -0.2) is 7.85 Å². The predicted octanol–water partition coefficient (Wildman–Crippen LogP) is 3.10. The van der Waals surface area contributed by atoms with Crippen LogP contribution in [0.3, 0.4) is 0 Å². The van der Waals surface area contributed by atoms with Gasteiger partial charge in [0.2, 0.25) is 0 Å². The molecular formula is C12H7BS2. The summed E-state index contributed by atoms with van der Waals surface area (Å²) in [5.41, 5.74) is 0.834. The van der Waals surface area contributed by atoms with Crippen LogP contribution < -0.4 is 5.46 Å². The standard InChI is InChI=1S/C12H7BS2/c13-8-5-6-11-12(7-8)15-10-4-2-1-3-9(10)14-11/h1-7H. The van der Waals surface area contributed by atoms with Gasteiger partial charge in [0, 0.05) is 19.6 Å². The topological polar surface area (TPSA) is 0 Å². The summed E-state index contributed by atoms with van der Waals surface area (Å²) in [6.07, 6.45) is 0. The second-order valence-electron chi connectivity index (χ2n) is 3.36. The van der Waals surface area contributed by atoms with E-state index in [0.29, 0.717) is 0 Å². The molecule has 1 heterocycles. The van der Waals surface area contributed by atoms with Gasteiger partial charge in [-0.05, 0) is 18.2 Å². The number of benzene rings is 2. The number of hydrogen-bond acceptors (Lipinski definition) is 2. The maximum Gasteiger partial charge on any atom is 0.113 e. The zero-order valence-electron chi connectivity index (χ0n) is 7.94. The Labute approximate surface area is 98.9 Å². The van der Waals surface area contributed by atoms with Crippen LogP contribution in [0.2, 0.25) is 0 Å². The molecule has 70 valence electrons. The number of rotatable bonds is 0. The third-order valence-corrected chi connectivity index (χ3v) is 4.80. The molecule has 0 spiro atoms. The molecule has 0 aromatic heterocycles. The van der Waals surface area contributed by atoms with E-state index in [-0.39, 0.29) is 0 Å². The molecule has 3 heteroatoms. The zero-order chi connectivity index (χ0) is 10.3. The minimum absolute atomic E-state index is 0.834. The van der Waals surface area contributed by atoms with Crippen molar-refractivity contribution in [2.75, 3.05) is 0 Å². The first-order chi connectivity index (χ1) is 7.33. The van der Waals surface area contributed by atoms with Crippen molar-refractivity contribution >= 4 is 36.8 Å². The second kappa shape index (κ2) is 3.65. The van der Waals surface area contributed by atoms with Crippen molar-refractivity contribution in [2.45, 2.75) is 19.6 Å². The van der Waals surface area contributed by atoms with Crippen molar-refractivity contribution in [1.29, 1.82) is 0 Å². The van der Waals surface area contributed by atoms with Crippen LogP contribution >= 0.6 is 23.5 Å². The molecule has 0 fully saturated rings. The third-order valence-electron chi connectivity index (χ3n) is 2.26. The van der Waals surface area contributed by atoms with E-state index in [1.54, 1.807) is 11.8 Å². The van der Waals surface area contributed by atoms with E-state index in [9.17, 15) is 0 Å². The first-order valence-corrected chi connectivity index (χ1v) is 6.30. The molecule has 0 nitrogen and oxygen atoms in total. The van der Waals surface area contributed by atoms with Crippen LogP contribution in [0, 0.1) is 0 Å². The van der Waals surface area contributed by atoms with Crippen LogP contribution in [0.15, 0.2) is 62.0 Å². The lowest BCUT2D eigenvalue weighted by atomic mass is 9.97. The summed E-state index contributed by atoms with van der Waals surface area (Å²) >= 11 is 3.61. The molecule has 0 bridgehead atoms. The van der Waals surface area contributed by atoms with Gasteiger partial charge in [-0.2, -0.15) is 0 Å². The Morgan fingerprint density at radius 1 is 0.733 bits per heavy atom. The summed E-state index contributed by atoms with van der Waals surface area (Å²) in [6.45, 7) is 0. The van der Waals surface area contributed by atoms with E-state index in [0.717, 1.165) is 5.46 Å². The van der Waals surface area contributed by atoms with Crippen LogP contribution in [-0.2, 0) is 0 Å². The van der Waals surface area contributed by atoms with Crippen LogP contribution in [0.5, 0.6) is 0 Å². The predicted molar refractivity (Wildman–Crippen MR) is 66.5 cm³/mol. The molecule has 2 radical (unpaired) electrons. The first-order valence-electron chi connectivity index (χ1n) is 4.67. The van der Waals surface area contributed by atoms with Crippen molar-refractivity contribution in [3.63, 3.8) is 0 Å². The summed E-state index contributed by atoms with van der Waals surface area (Å²) in [5, 5.41) is 0.